The third-order valence-electron chi connectivity index (χ3n) is 13.3. The Labute approximate surface area is 350 Å². The number of hydrogen-bond donors (Lipinski definition) is 0. The van der Waals surface area contributed by atoms with E-state index in [1.54, 1.807) is 0 Å². The van der Waals surface area contributed by atoms with Crippen LogP contribution in [0.3, 0.4) is 0 Å². The average Bonchev–Trinajstić information content (AvgIpc) is 3.90. The number of anilines is 3. The normalized spacial score (nSPS) is 14.1. The van der Waals surface area contributed by atoms with Gasteiger partial charge < -0.3 is 9.32 Å². The number of hydrogen-bond acceptors (Lipinski definition) is 2. The van der Waals surface area contributed by atoms with Gasteiger partial charge in [0.25, 0.3) is 0 Å². The minimum absolute atomic E-state index is 0.0994. The van der Waals surface area contributed by atoms with Crippen LogP contribution in [-0.4, -0.2) is 0 Å². The molecular weight excluding hydrogens is 727 g/mol. The lowest BCUT2D eigenvalue weighted by Gasteiger charge is -2.34. The minimum atomic E-state index is -0.461. The Hall–Kier alpha value is -7.42. The largest absolute Gasteiger partial charge is 0.456 e. The van der Waals surface area contributed by atoms with Crippen molar-refractivity contribution in [1.29, 1.82) is 0 Å². The predicted octanol–water partition coefficient (Wildman–Crippen LogP) is 15.4. The Bertz CT molecular complexity index is 3230. The summed E-state index contributed by atoms with van der Waals surface area (Å²) < 4.78 is 6.67. The van der Waals surface area contributed by atoms with Gasteiger partial charge >= 0.3 is 0 Å². The van der Waals surface area contributed by atoms with Crippen LogP contribution >= 0.6 is 0 Å². The first kappa shape index (κ1) is 34.6. The highest BCUT2D eigenvalue weighted by atomic mass is 16.3. The zero-order valence-electron chi connectivity index (χ0n) is 33.6. The molecule has 0 unspecified atom stereocenters. The quantitative estimate of drug-likeness (QED) is 0.168. The molecule has 10 aromatic rings. The summed E-state index contributed by atoms with van der Waals surface area (Å²) in [5.41, 5.74) is 19.8. The second-order valence-corrected chi connectivity index (χ2v) is 16.9. The van der Waals surface area contributed by atoms with Gasteiger partial charge in [-0.15, -0.1) is 0 Å². The molecule has 0 N–H and O–H groups in total. The van der Waals surface area contributed by atoms with Crippen LogP contribution in [-0.2, 0) is 10.8 Å². The second kappa shape index (κ2) is 13.0. The maximum atomic E-state index is 6.67. The molecule has 0 bridgehead atoms. The van der Waals surface area contributed by atoms with Crippen molar-refractivity contribution in [2.45, 2.75) is 24.7 Å². The second-order valence-electron chi connectivity index (χ2n) is 16.9. The summed E-state index contributed by atoms with van der Waals surface area (Å²) in [6.45, 7) is 4.65. The fraction of sp³-hybridized carbons (Fsp3) is 0.0690. The molecular formula is C58H41NO. The van der Waals surface area contributed by atoms with Crippen LogP contribution in [0.4, 0.5) is 17.1 Å². The van der Waals surface area contributed by atoms with E-state index in [0.29, 0.717) is 0 Å². The molecule has 0 spiro atoms. The number of fused-ring (bicyclic) bond motifs is 9. The number of benzene rings is 9. The van der Waals surface area contributed by atoms with Crippen LogP contribution in [0.15, 0.2) is 217 Å². The molecule has 0 aliphatic heterocycles. The molecule has 0 amide bonds. The van der Waals surface area contributed by atoms with Crippen LogP contribution in [0, 0.1) is 0 Å². The van der Waals surface area contributed by atoms with Gasteiger partial charge in [-0.3, -0.25) is 0 Å². The maximum absolute atomic E-state index is 6.67. The lowest BCUT2D eigenvalue weighted by molar-refractivity contribution is 0.647. The third-order valence-corrected chi connectivity index (χ3v) is 13.3. The van der Waals surface area contributed by atoms with E-state index in [1.165, 1.54) is 66.8 Å². The smallest absolute Gasteiger partial charge is 0.135 e. The topological polar surface area (TPSA) is 16.4 Å². The van der Waals surface area contributed by atoms with Crippen LogP contribution in [0.5, 0.6) is 0 Å². The zero-order valence-corrected chi connectivity index (χ0v) is 33.6. The highest BCUT2D eigenvalue weighted by Gasteiger charge is 2.46. The van der Waals surface area contributed by atoms with Gasteiger partial charge in [0, 0.05) is 33.2 Å². The van der Waals surface area contributed by atoms with Gasteiger partial charge in [-0.1, -0.05) is 172 Å². The molecule has 0 fully saturated rings. The van der Waals surface area contributed by atoms with Crippen molar-refractivity contribution in [3.63, 3.8) is 0 Å². The molecule has 2 heteroatoms. The summed E-state index contributed by atoms with van der Waals surface area (Å²) in [4.78, 5) is 2.41. The van der Waals surface area contributed by atoms with Crippen molar-refractivity contribution in [3.8, 4) is 33.4 Å². The van der Waals surface area contributed by atoms with Crippen LogP contribution in [0.2, 0.25) is 0 Å². The molecule has 2 nitrogen and oxygen atoms in total. The number of nitrogens with zero attached hydrogens (tertiary/aromatic N) is 1. The first-order chi connectivity index (χ1) is 29.5. The Morgan fingerprint density at radius 3 is 1.55 bits per heavy atom. The molecule has 60 heavy (non-hydrogen) atoms. The molecule has 0 saturated carbocycles. The molecule has 2 aliphatic rings. The molecule has 12 rings (SSSR count). The molecule has 2 aliphatic carbocycles. The van der Waals surface area contributed by atoms with E-state index >= 15 is 0 Å². The van der Waals surface area contributed by atoms with Crippen molar-refractivity contribution >= 4 is 39.0 Å². The van der Waals surface area contributed by atoms with Gasteiger partial charge in [0.05, 0.1) is 5.41 Å². The average molecular weight is 768 g/mol. The van der Waals surface area contributed by atoms with E-state index in [4.69, 9.17) is 4.42 Å². The standard InChI is InChI=1S/C58H41NO/c1-57(2)51-24-14-12-22-45(51)48-36-50-49-35-44(31-33-55(49)60-56(50)37-54(48)57)59(42-28-26-39(27-29-42)38-16-6-3-7-17-38)43-30-32-53-47(34-43)46-23-13-15-25-52(46)58(53,40-18-8-4-9-19-40)41-20-10-5-11-21-41/h3-37H,1-2H3. The van der Waals surface area contributed by atoms with E-state index < -0.39 is 5.41 Å². The summed E-state index contributed by atoms with van der Waals surface area (Å²) in [6, 6.07) is 77.9. The van der Waals surface area contributed by atoms with Gasteiger partial charge in [0.2, 0.25) is 0 Å². The van der Waals surface area contributed by atoms with E-state index in [1.807, 2.05) is 0 Å². The summed E-state index contributed by atoms with van der Waals surface area (Å²) in [5.74, 6) is 0. The number of furan rings is 1. The molecule has 0 atom stereocenters. The Morgan fingerprint density at radius 1 is 0.350 bits per heavy atom. The highest BCUT2D eigenvalue weighted by Crippen LogP contribution is 2.57. The van der Waals surface area contributed by atoms with E-state index in [9.17, 15) is 0 Å². The lowest BCUT2D eigenvalue weighted by atomic mass is 9.68. The fourth-order valence-corrected chi connectivity index (χ4v) is 10.6. The van der Waals surface area contributed by atoms with E-state index in [0.717, 1.165) is 39.0 Å². The third kappa shape index (κ3) is 4.94. The van der Waals surface area contributed by atoms with Crippen LogP contribution in [0.1, 0.15) is 47.2 Å². The Kier molecular flexibility index (Phi) is 7.52. The molecule has 1 heterocycles. The summed E-state index contributed by atoms with van der Waals surface area (Å²) in [7, 11) is 0. The van der Waals surface area contributed by atoms with Crippen molar-refractivity contribution in [2.24, 2.45) is 0 Å². The Balaban J connectivity index is 1.07. The van der Waals surface area contributed by atoms with E-state index in [2.05, 4.69) is 231 Å². The fourth-order valence-electron chi connectivity index (χ4n) is 10.6. The van der Waals surface area contributed by atoms with Crippen molar-refractivity contribution in [3.05, 3.63) is 246 Å². The predicted molar refractivity (Wildman–Crippen MR) is 249 cm³/mol. The van der Waals surface area contributed by atoms with Gasteiger partial charge in [-0.05, 0) is 121 Å². The molecule has 0 radical (unpaired) electrons. The number of rotatable bonds is 6. The van der Waals surface area contributed by atoms with Gasteiger partial charge in [-0.25, -0.2) is 0 Å². The van der Waals surface area contributed by atoms with Crippen molar-refractivity contribution in [2.75, 3.05) is 4.90 Å². The summed E-state index contributed by atoms with van der Waals surface area (Å²) >= 11 is 0. The van der Waals surface area contributed by atoms with Crippen molar-refractivity contribution in [1.82, 2.24) is 0 Å². The molecule has 9 aromatic carbocycles. The first-order valence-electron chi connectivity index (χ1n) is 20.9. The SMILES string of the molecule is CC1(C)c2ccccc2-c2cc3c(cc21)oc1ccc(N(c2ccc(-c4ccccc4)cc2)c2ccc4c(c2)-c2ccccc2C4(c2ccccc2)c2ccccc2)cc13. The summed E-state index contributed by atoms with van der Waals surface area (Å²) in [5, 5.41) is 2.24. The van der Waals surface area contributed by atoms with Gasteiger partial charge in [-0.2, -0.15) is 0 Å². The van der Waals surface area contributed by atoms with Crippen LogP contribution in [0.25, 0.3) is 55.3 Å². The highest BCUT2D eigenvalue weighted by molar-refractivity contribution is 6.09. The van der Waals surface area contributed by atoms with Gasteiger partial charge in [0.1, 0.15) is 11.2 Å². The molecule has 1 aromatic heterocycles. The first-order valence-corrected chi connectivity index (χ1v) is 20.9. The van der Waals surface area contributed by atoms with Crippen LogP contribution < -0.4 is 4.90 Å². The minimum Gasteiger partial charge on any atom is -0.456 e. The zero-order chi connectivity index (χ0) is 40.0. The van der Waals surface area contributed by atoms with Crippen molar-refractivity contribution < 1.29 is 4.42 Å². The van der Waals surface area contributed by atoms with E-state index in [-0.39, 0.29) is 5.41 Å². The summed E-state index contributed by atoms with van der Waals surface area (Å²) in [6.07, 6.45) is 0. The molecule has 0 saturated heterocycles. The molecule has 284 valence electrons. The monoisotopic (exact) mass is 767 g/mol. The maximum Gasteiger partial charge on any atom is 0.135 e. The van der Waals surface area contributed by atoms with Gasteiger partial charge in [0.15, 0.2) is 0 Å². The lowest BCUT2D eigenvalue weighted by Crippen LogP contribution is -2.28. The Morgan fingerprint density at radius 2 is 0.850 bits per heavy atom.